The Kier molecular flexibility index (Phi) is 14.4. The number of ketones is 1. The van der Waals surface area contributed by atoms with Gasteiger partial charge in [0.05, 0.1) is 41.3 Å². The third-order valence-corrected chi connectivity index (χ3v) is 14.2. The number of carbonyl (C=O) groups is 3. The molecule has 4 atom stereocenters. The van der Waals surface area contributed by atoms with E-state index in [1.165, 1.54) is 27.8 Å². The summed E-state index contributed by atoms with van der Waals surface area (Å²) in [6.45, 7) is 17.9. The SMILES string of the molecule is COc1cccc2c1CC(Cc1ccc3c(c1)C(=O)CCN3C(=O)OC(C)(C)C)C2.COc1cccc2c1CC(Cc1ccc3c(c1)[C@H](N[S@](=O)C(C)(C)C)CCN3C(=O)OC(C)(C)C)C2. The average Bonchev–Trinajstić information content (AvgIpc) is 3.86. The van der Waals surface area contributed by atoms with Crippen molar-refractivity contribution < 1.29 is 37.5 Å². The van der Waals surface area contributed by atoms with Gasteiger partial charge in [-0.2, -0.15) is 0 Å². The number of amides is 2. The summed E-state index contributed by atoms with van der Waals surface area (Å²) in [6.07, 6.45) is 6.10. The smallest absolute Gasteiger partial charge is 0.414 e. The van der Waals surface area contributed by atoms with Crippen molar-refractivity contribution in [2.24, 2.45) is 11.8 Å². The van der Waals surface area contributed by atoms with Gasteiger partial charge in [-0.25, -0.2) is 18.5 Å². The summed E-state index contributed by atoms with van der Waals surface area (Å²) in [5, 5.41) is 0. The van der Waals surface area contributed by atoms with Crippen molar-refractivity contribution in [3.63, 3.8) is 0 Å². The molecule has 0 aromatic heterocycles. The topological polar surface area (TPSA) is 124 Å². The summed E-state index contributed by atoms with van der Waals surface area (Å²) in [4.78, 5) is 41.5. The maximum absolute atomic E-state index is 13.0. The molecule has 0 bridgehead atoms. The maximum atomic E-state index is 13.0. The van der Waals surface area contributed by atoms with Crippen molar-refractivity contribution in [2.45, 2.75) is 136 Å². The molecule has 8 rings (SSSR count). The highest BCUT2D eigenvalue weighted by atomic mass is 32.2. The van der Waals surface area contributed by atoms with Crippen molar-refractivity contribution in [3.8, 4) is 11.5 Å². The number of rotatable bonds is 8. The predicted molar refractivity (Wildman–Crippen MR) is 263 cm³/mol. The lowest BCUT2D eigenvalue weighted by Crippen LogP contribution is -2.44. The summed E-state index contributed by atoms with van der Waals surface area (Å²) in [7, 11) is 2.23. The predicted octanol–water partition coefficient (Wildman–Crippen LogP) is 10.9. The molecule has 2 aliphatic heterocycles. The molecule has 4 aromatic carbocycles. The van der Waals surface area contributed by atoms with Crippen molar-refractivity contribution in [3.05, 3.63) is 117 Å². The van der Waals surface area contributed by atoms with Crippen molar-refractivity contribution in [2.75, 3.05) is 37.1 Å². The first-order chi connectivity index (χ1) is 31.1. The summed E-state index contributed by atoms with van der Waals surface area (Å²) in [6, 6.07) is 24.7. The van der Waals surface area contributed by atoms with Crippen LogP contribution in [-0.2, 0) is 59.0 Å². The number of carbonyl (C=O) groups excluding carboxylic acids is 3. The van der Waals surface area contributed by atoms with Crippen molar-refractivity contribution in [1.29, 1.82) is 0 Å². The maximum Gasteiger partial charge on any atom is 0.414 e. The first-order valence-electron chi connectivity index (χ1n) is 23.4. The fourth-order valence-electron chi connectivity index (χ4n) is 9.62. The minimum absolute atomic E-state index is 0.0861. The minimum Gasteiger partial charge on any atom is -0.496 e. The number of nitrogens with zero attached hydrogens (tertiary/aromatic N) is 2. The van der Waals surface area contributed by atoms with E-state index in [1.54, 1.807) is 24.0 Å². The van der Waals surface area contributed by atoms with Gasteiger partial charge in [-0.15, -0.1) is 0 Å². The van der Waals surface area contributed by atoms with E-state index in [2.05, 4.69) is 35.1 Å². The number of anilines is 2. The van der Waals surface area contributed by atoms with Crippen LogP contribution in [0.5, 0.6) is 11.5 Å². The number of fused-ring (bicyclic) bond motifs is 4. The summed E-state index contributed by atoms with van der Waals surface area (Å²) in [5.74, 6) is 3.00. The molecule has 4 aliphatic rings. The van der Waals surface area contributed by atoms with Gasteiger partial charge in [0.1, 0.15) is 22.7 Å². The standard InChI is InChI=1S/C29H40N2O4S.C25H29NO4/c1-28(2,3)35-27(32)31-14-13-24(30-36(33)29(4,5)6)23-17-19(11-12-25(23)31)15-20-16-21-9-8-10-26(34-7)22(21)18-20;1-25(2,3)30-24(28)26-11-10-22(27)20-14-16(8-9-21(20)26)12-17-13-18-6-5-7-23(29-4)19(18)15-17/h8-12,17,20,24,30H,13-16,18H2,1-7H3;5-9,14,17H,10-13,15H2,1-4H3/t20?,24-,36-;/m1./s1. The van der Waals surface area contributed by atoms with Crippen LogP contribution < -0.4 is 24.0 Å². The van der Waals surface area contributed by atoms with E-state index in [0.717, 1.165) is 66.8 Å². The van der Waals surface area contributed by atoms with E-state index >= 15 is 0 Å². The van der Waals surface area contributed by atoms with Crippen LogP contribution in [0.1, 0.15) is 130 Å². The molecule has 2 amide bonds. The highest BCUT2D eigenvalue weighted by Crippen LogP contribution is 2.40. The molecule has 11 nitrogen and oxygen atoms in total. The zero-order valence-electron chi connectivity index (χ0n) is 40.8. The van der Waals surface area contributed by atoms with Crippen LogP contribution in [0.15, 0.2) is 72.8 Å². The third kappa shape index (κ3) is 11.5. The molecule has 0 saturated heterocycles. The zero-order chi connectivity index (χ0) is 47.7. The quantitative estimate of drug-likeness (QED) is 0.185. The van der Waals surface area contributed by atoms with Crippen LogP contribution in [0.4, 0.5) is 21.0 Å². The van der Waals surface area contributed by atoms with E-state index in [9.17, 15) is 18.6 Å². The third-order valence-electron chi connectivity index (χ3n) is 12.6. The van der Waals surface area contributed by atoms with Gasteiger partial charge in [0.2, 0.25) is 0 Å². The summed E-state index contributed by atoms with van der Waals surface area (Å²) in [5.41, 5.74) is 9.67. The van der Waals surface area contributed by atoms with Gasteiger partial charge in [-0.1, -0.05) is 42.5 Å². The van der Waals surface area contributed by atoms with Gasteiger partial charge < -0.3 is 18.9 Å². The molecule has 0 saturated carbocycles. The number of methoxy groups -OCH3 is 2. The molecule has 12 heteroatoms. The molecular weight excluding hydrogens is 851 g/mol. The van der Waals surface area contributed by atoms with Crippen LogP contribution in [0, 0.1) is 11.8 Å². The molecule has 2 heterocycles. The van der Waals surface area contributed by atoms with Gasteiger partial charge >= 0.3 is 12.2 Å². The summed E-state index contributed by atoms with van der Waals surface area (Å²) < 4.78 is 38.3. The second-order valence-electron chi connectivity index (χ2n) is 21.2. The molecule has 0 fully saturated rings. The van der Waals surface area contributed by atoms with Gasteiger partial charge in [-0.3, -0.25) is 14.6 Å². The number of Topliss-reactive ketones (excluding diaryl/α,β-unsaturated/α-hetero) is 1. The van der Waals surface area contributed by atoms with E-state index in [-0.39, 0.29) is 22.7 Å². The largest absolute Gasteiger partial charge is 0.496 e. The minimum atomic E-state index is -1.22. The van der Waals surface area contributed by atoms with Gasteiger partial charge in [-0.05, 0) is 188 Å². The highest BCUT2D eigenvalue weighted by molar-refractivity contribution is 7.84. The zero-order valence-corrected chi connectivity index (χ0v) is 41.6. The van der Waals surface area contributed by atoms with Crippen LogP contribution in [0.2, 0.25) is 0 Å². The number of nitrogens with one attached hydrogen (secondary N) is 1. The molecule has 354 valence electrons. The summed E-state index contributed by atoms with van der Waals surface area (Å²) >= 11 is 0. The lowest BCUT2D eigenvalue weighted by Gasteiger charge is -2.36. The average molecular weight is 920 g/mol. The van der Waals surface area contributed by atoms with E-state index < -0.39 is 28.3 Å². The lowest BCUT2D eigenvalue weighted by molar-refractivity contribution is 0.0565. The Morgan fingerprint density at radius 1 is 0.667 bits per heavy atom. The van der Waals surface area contributed by atoms with Crippen LogP contribution >= 0.6 is 0 Å². The van der Waals surface area contributed by atoms with Gasteiger partial charge in [0, 0.05) is 31.1 Å². The second-order valence-corrected chi connectivity index (χ2v) is 23.2. The molecule has 0 radical (unpaired) electrons. The number of hydrogen-bond donors (Lipinski definition) is 1. The molecule has 2 aliphatic carbocycles. The monoisotopic (exact) mass is 919 g/mol. The molecule has 4 aromatic rings. The molecule has 1 N–H and O–H groups in total. The Labute approximate surface area is 394 Å². The fourth-order valence-corrected chi connectivity index (χ4v) is 10.5. The number of ether oxygens (including phenoxy) is 4. The molecule has 2 unspecified atom stereocenters. The van der Waals surface area contributed by atoms with Crippen molar-refractivity contribution >= 4 is 40.3 Å². The first-order valence-corrected chi connectivity index (χ1v) is 24.5. The van der Waals surface area contributed by atoms with Crippen LogP contribution in [-0.4, -0.2) is 65.4 Å². The lowest BCUT2D eigenvalue weighted by atomic mass is 9.91. The molecule has 66 heavy (non-hydrogen) atoms. The Bertz CT molecular complexity index is 2480. The fraction of sp³-hybridized carbons (Fsp3) is 0.500. The highest BCUT2D eigenvalue weighted by Gasteiger charge is 2.36. The molecule has 0 spiro atoms. The Balaban J connectivity index is 0.000000199. The van der Waals surface area contributed by atoms with E-state index in [1.807, 2.05) is 105 Å². The van der Waals surface area contributed by atoms with Crippen molar-refractivity contribution in [1.82, 2.24) is 4.72 Å². The van der Waals surface area contributed by atoms with E-state index in [4.69, 9.17) is 18.9 Å². The number of hydrogen-bond acceptors (Lipinski definition) is 8. The first kappa shape index (κ1) is 48.7. The van der Waals surface area contributed by atoms with Gasteiger partial charge in [0.15, 0.2) is 5.78 Å². The number of benzene rings is 4. The van der Waals surface area contributed by atoms with Crippen LogP contribution in [0.3, 0.4) is 0 Å². The van der Waals surface area contributed by atoms with Crippen LogP contribution in [0.25, 0.3) is 0 Å². The van der Waals surface area contributed by atoms with E-state index in [0.29, 0.717) is 49.0 Å². The normalized spacial score (nSPS) is 19.4. The Morgan fingerprint density at radius 3 is 1.67 bits per heavy atom. The Morgan fingerprint density at radius 2 is 1.17 bits per heavy atom. The second kappa shape index (κ2) is 19.6. The molecular formula is C54H69N3O8S. The Hall–Kier alpha value is -5.20. The van der Waals surface area contributed by atoms with Gasteiger partial charge in [0.25, 0.3) is 0 Å².